The van der Waals surface area contributed by atoms with E-state index in [0.717, 1.165) is 37.7 Å². The molecule has 5 rings (SSSR count). The standard InChI is InChI=1S/C31H25FN2O2S/c1-21-17-25(32)13-16-27(21)33-30(35)19-24(31-34-28-9-5-6-10-29(28)37-31)18-22-11-14-26(15-12-22)36-20-23-7-3-2-4-8-23/h2-18H,19-20H2,1H3,(H,33,35). The average molecular weight is 509 g/mol. The number of benzene rings is 4. The molecule has 0 atom stereocenters. The van der Waals surface area contributed by atoms with Gasteiger partial charge in [-0.25, -0.2) is 9.37 Å². The molecule has 6 heteroatoms. The van der Waals surface area contributed by atoms with Crippen molar-refractivity contribution in [2.24, 2.45) is 0 Å². The topological polar surface area (TPSA) is 51.2 Å². The number of fused-ring (bicyclic) bond motifs is 1. The molecule has 0 bridgehead atoms. The number of anilines is 1. The van der Waals surface area contributed by atoms with Crippen molar-refractivity contribution in [2.45, 2.75) is 20.0 Å². The maximum Gasteiger partial charge on any atom is 0.228 e. The Morgan fingerprint density at radius 1 is 0.973 bits per heavy atom. The molecule has 37 heavy (non-hydrogen) atoms. The van der Waals surface area contributed by atoms with E-state index in [-0.39, 0.29) is 18.1 Å². The summed E-state index contributed by atoms with van der Waals surface area (Å²) < 4.78 is 20.4. The molecule has 1 aromatic heterocycles. The Morgan fingerprint density at radius 2 is 1.73 bits per heavy atom. The van der Waals surface area contributed by atoms with Gasteiger partial charge in [-0.2, -0.15) is 0 Å². The smallest absolute Gasteiger partial charge is 0.228 e. The fraction of sp³-hybridized carbons (Fsp3) is 0.0968. The number of rotatable bonds is 8. The van der Waals surface area contributed by atoms with Crippen molar-refractivity contribution in [1.29, 1.82) is 0 Å². The summed E-state index contributed by atoms with van der Waals surface area (Å²) >= 11 is 1.55. The van der Waals surface area contributed by atoms with Crippen LogP contribution in [-0.2, 0) is 11.4 Å². The highest BCUT2D eigenvalue weighted by molar-refractivity contribution is 7.19. The Morgan fingerprint density at radius 3 is 2.49 bits per heavy atom. The van der Waals surface area contributed by atoms with Crippen molar-refractivity contribution in [3.05, 3.63) is 125 Å². The third-order valence-electron chi connectivity index (χ3n) is 5.85. The summed E-state index contributed by atoms with van der Waals surface area (Å²) in [6, 6.07) is 30.0. The molecule has 0 spiro atoms. The third-order valence-corrected chi connectivity index (χ3v) is 6.96. The molecule has 0 saturated heterocycles. The van der Waals surface area contributed by atoms with E-state index in [1.54, 1.807) is 24.3 Å². The summed E-state index contributed by atoms with van der Waals surface area (Å²) in [4.78, 5) is 17.8. The van der Waals surface area contributed by atoms with Gasteiger partial charge in [0.1, 0.15) is 23.2 Å². The molecule has 1 amide bonds. The normalized spacial score (nSPS) is 11.5. The number of aromatic nitrogens is 1. The number of carbonyl (C=O) groups excluding carboxylic acids is 1. The van der Waals surface area contributed by atoms with Crippen LogP contribution in [0.2, 0.25) is 0 Å². The van der Waals surface area contributed by atoms with Crippen LogP contribution in [0.1, 0.15) is 28.1 Å². The number of hydrogen-bond acceptors (Lipinski definition) is 4. The number of halogens is 1. The second-order valence-corrected chi connectivity index (χ2v) is 9.71. The maximum atomic E-state index is 13.5. The third kappa shape index (κ3) is 6.29. The maximum absolute atomic E-state index is 13.5. The van der Waals surface area contributed by atoms with E-state index in [1.807, 2.05) is 84.9 Å². The van der Waals surface area contributed by atoms with Crippen LogP contribution in [0, 0.1) is 12.7 Å². The Balaban J connectivity index is 1.38. The van der Waals surface area contributed by atoms with Crippen LogP contribution < -0.4 is 10.1 Å². The number of ether oxygens (including phenoxy) is 1. The van der Waals surface area contributed by atoms with Crippen LogP contribution in [0.25, 0.3) is 21.9 Å². The highest BCUT2D eigenvalue weighted by atomic mass is 32.1. The minimum Gasteiger partial charge on any atom is -0.489 e. The summed E-state index contributed by atoms with van der Waals surface area (Å²) in [5.41, 5.74) is 5.00. The molecule has 5 aromatic rings. The first-order chi connectivity index (χ1) is 18.0. The van der Waals surface area contributed by atoms with Crippen molar-refractivity contribution in [2.75, 3.05) is 5.32 Å². The number of hydrogen-bond donors (Lipinski definition) is 1. The summed E-state index contributed by atoms with van der Waals surface area (Å²) in [6.07, 6.45) is 2.11. The number of thiazole rings is 1. The highest BCUT2D eigenvalue weighted by Crippen LogP contribution is 2.31. The largest absolute Gasteiger partial charge is 0.489 e. The van der Waals surface area contributed by atoms with Crippen molar-refractivity contribution in [3.8, 4) is 5.75 Å². The molecule has 0 radical (unpaired) electrons. The van der Waals surface area contributed by atoms with E-state index < -0.39 is 0 Å². The molecule has 0 saturated carbocycles. The zero-order valence-electron chi connectivity index (χ0n) is 20.3. The van der Waals surface area contributed by atoms with E-state index in [0.29, 0.717) is 17.9 Å². The van der Waals surface area contributed by atoms with Crippen LogP contribution in [0.4, 0.5) is 10.1 Å². The van der Waals surface area contributed by atoms with Gasteiger partial charge in [0.2, 0.25) is 5.91 Å². The van der Waals surface area contributed by atoms with Gasteiger partial charge in [-0.1, -0.05) is 54.6 Å². The predicted octanol–water partition coefficient (Wildman–Crippen LogP) is 7.89. The average Bonchev–Trinajstić information content (AvgIpc) is 3.35. The molecule has 0 unspecified atom stereocenters. The lowest BCUT2D eigenvalue weighted by atomic mass is 10.1. The summed E-state index contributed by atoms with van der Waals surface area (Å²) in [5.74, 6) is 0.247. The Hall–Kier alpha value is -4.29. The van der Waals surface area contributed by atoms with Crippen LogP contribution in [-0.4, -0.2) is 10.9 Å². The first kappa shape index (κ1) is 24.4. The molecule has 1 heterocycles. The van der Waals surface area contributed by atoms with E-state index >= 15 is 0 Å². The van der Waals surface area contributed by atoms with Gasteiger partial charge in [0.25, 0.3) is 0 Å². The molecule has 1 N–H and O–H groups in total. The van der Waals surface area contributed by atoms with E-state index in [9.17, 15) is 9.18 Å². The summed E-state index contributed by atoms with van der Waals surface area (Å²) in [6.45, 7) is 2.26. The molecule has 4 aromatic carbocycles. The minimum absolute atomic E-state index is 0.128. The van der Waals surface area contributed by atoms with Crippen molar-refractivity contribution in [3.63, 3.8) is 0 Å². The van der Waals surface area contributed by atoms with Gasteiger partial charge in [-0.3, -0.25) is 4.79 Å². The first-order valence-electron chi connectivity index (χ1n) is 11.9. The number of carbonyl (C=O) groups is 1. The van der Waals surface area contributed by atoms with Gasteiger partial charge >= 0.3 is 0 Å². The number of para-hydroxylation sites is 1. The van der Waals surface area contributed by atoms with Gasteiger partial charge in [0.15, 0.2) is 0 Å². The van der Waals surface area contributed by atoms with Crippen LogP contribution in [0.15, 0.2) is 97.1 Å². The Labute approximate surface area is 219 Å². The lowest BCUT2D eigenvalue weighted by Crippen LogP contribution is -2.13. The monoisotopic (exact) mass is 508 g/mol. The lowest BCUT2D eigenvalue weighted by molar-refractivity contribution is -0.115. The predicted molar refractivity (Wildman–Crippen MR) is 149 cm³/mol. The fourth-order valence-electron chi connectivity index (χ4n) is 3.94. The lowest BCUT2D eigenvalue weighted by Gasteiger charge is -2.10. The molecule has 0 aliphatic carbocycles. The molecule has 0 aliphatic heterocycles. The Bertz CT molecular complexity index is 1530. The van der Waals surface area contributed by atoms with Gasteiger partial charge < -0.3 is 10.1 Å². The number of aryl methyl sites for hydroxylation is 1. The molecule has 184 valence electrons. The zero-order chi connectivity index (χ0) is 25.6. The first-order valence-corrected chi connectivity index (χ1v) is 12.7. The molecular weight excluding hydrogens is 483 g/mol. The van der Waals surface area contributed by atoms with Crippen LogP contribution in [0.3, 0.4) is 0 Å². The van der Waals surface area contributed by atoms with Gasteiger partial charge in [-0.15, -0.1) is 11.3 Å². The van der Waals surface area contributed by atoms with E-state index in [1.165, 1.54) is 12.1 Å². The Kier molecular flexibility index (Phi) is 7.38. The molecular formula is C31H25FN2O2S. The molecule has 0 fully saturated rings. The van der Waals surface area contributed by atoms with Crippen molar-refractivity contribution >= 4 is 44.8 Å². The van der Waals surface area contributed by atoms with Gasteiger partial charge in [0.05, 0.1) is 16.6 Å². The summed E-state index contributed by atoms with van der Waals surface area (Å²) in [5, 5.41) is 3.70. The second-order valence-electron chi connectivity index (χ2n) is 8.68. The SMILES string of the molecule is Cc1cc(F)ccc1NC(=O)CC(=Cc1ccc(OCc2ccccc2)cc1)c1nc2ccccc2s1. The second kappa shape index (κ2) is 11.2. The quantitative estimate of drug-likeness (QED) is 0.232. The number of amides is 1. The fourth-order valence-corrected chi connectivity index (χ4v) is 4.91. The van der Waals surface area contributed by atoms with Crippen molar-refractivity contribution in [1.82, 2.24) is 4.98 Å². The minimum atomic E-state index is -0.332. The van der Waals surface area contributed by atoms with Crippen LogP contribution in [0.5, 0.6) is 5.75 Å². The van der Waals surface area contributed by atoms with Crippen LogP contribution >= 0.6 is 11.3 Å². The highest BCUT2D eigenvalue weighted by Gasteiger charge is 2.15. The molecule has 4 nitrogen and oxygen atoms in total. The molecule has 0 aliphatic rings. The number of nitrogens with one attached hydrogen (secondary N) is 1. The number of nitrogens with zero attached hydrogens (tertiary/aromatic N) is 1. The van der Waals surface area contributed by atoms with E-state index in [2.05, 4.69) is 5.32 Å². The van der Waals surface area contributed by atoms with Gasteiger partial charge in [0, 0.05) is 5.69 Å². The zero-order valence-corrected chi connectivity index (χ0v) is 21.1. The van der Waals surface area contributed by atoms with Gasteiger partial charge in [-0.05, 0) is 77.7 Å². The summed E-state index contributed by atoms with van der Waals surface area (Å²) in [7, 11) is 0. The van der Waals surface area contributed by atoms with Crippen molar-refractivity contribution < 1.29 is 13.9 Å². The van der Waals surface area contributed by atoms with E-state index in [4.69, 9.17) is 9.72 Å².